The van der Waals surface area contributed by atoms with Gasteiger partial charge in [0.15, 0.2) is 0 Å². The molecule has 1 rings (SSSR count). The number of hydrogen-bond donors (Lipinski definition) is 1. The van der Waals surface area contributed by atoms with Crippen LogP contribution >= 0.6 is 0 Å². The molecule has 0 aliphatic rings. The zero-order valence-electron chi connectivity index (χ0n) is 13.0. The SMILES string of the molecule is CN(Cc1cc(C#N)ccc1F)C(=O)CCNC(C)(C)C. The minimum Gasteiger partial charge on any atom is -0.341 e. The van der Waals surface area contributed by atoms with Gasteiger partial charge in [-0.15, -0.1) is 0 Å². The molecule has 0 saturated heterocycles. The molecule has 21 heavy (non-hydrogen) atoms. The van der Waals surface area contributed by atoms with E-state index in [4.69, 9.17) is 5.26 Å². The van der Waals surface area contributed by atoms with Gasteiger partial charge in [0, 0.05) is 37.7 Å². The highest BCUT2D eigenvalue weighted by molar-refractivity contribution is 5.76. The summed E-state index contributed by atoms with van der Waals surface area (Å²) in [5, 5.41) is 12.1. The number of halogens is 1. The summed E-state index contributed by atoms with van der Waals surface area (Å²) in [6.45, 7) is 6.83. The summed E-state index contributed by atoms with van der Waals surface area (Å²) in [6.07, 6.45) is 0.354. The predicted octanol–water partition coefficient (Wildman–Crippen LogP) is 2.43. The van der Waals surface area contributed by atoms with Crippen LogP contribution in [-0.2, 0) is 11.3 Å². The van der Waals surface area contributed by atoms with Crippen LogP contribution in [0, 0.1) is 17.1 Å². The molecule has 4 nitrogen and oxygen atoms in total. The molecule has 0 bridgehead atoms. The van der Waals surface area contributed by atoms with Gasteiger partial charge in [-0.25, -0.2) is 4.39 Å². The fraction of sp³-hybridized carbons (Fsp3) is 0.500. The van der Waals surface area contributed by atoms with Gasteiger partial charge < -0.3 is 10.2 Å². The lowest BCUT2D eigenvalue weighted by atomic mass is 10.1. The number of carbonyl (C=O) groups is 1. The first kappa shape index (κ1) is 17.1. The molecule has 1 aromatic rings. The first-order valence-corrected chi connectivity index (χ1v) is 6.90. The van der Waals surface area contributed by atoms with E-state index >= 15 is 0 Å². The lowest BCUT2D eigenvalue weighted by Gasteiger charge is -2.22. The third-order valence-corrected chi connectivity index (χ3v) is 3.00. The Morgan fingerprint density at radius 3 is 2.67 bits per heavy atom. The van der Waals surface area contributed by atoms with Crippen LogP contribution in [0.15, 0.2) is 18.2 Å². The molecule has 0 aromatic heterocycles. The van der Waals surface area contributed by atoms with Gasteiger partial charge >= 0.3 is 0 Å². The Bertz CT molecular complexity index is 543. The van der Waals surface area contributed by atoms with Crippen LogP contribution in [-0.4, -0.2) is 29.9 Å². The van der Waals surface area contributed by atoms with Crippen LogP contribution in [0.4, 0.5) is 4.39 Å². The quantitative estimate of drug-likeness (QED) is 0.906. The van der Waals surface area contributed by atoms with Crippen LogP contribution in [0.25, 0.3) is 0 Å². The molecule has 0 aliphatic heterocycles. The predicted molar refractivity (Wildman–Crippen MR) is 80.0 cm³/mol. The molecule has 0 atom stereocenters. The van der Waals surface area contributed by atoms with Crippen molar-refractivity contribution in [2.24, 2.45) is 0 Å². The molecule has 0 aliphatic carbocycles. The minimum absolute atomic E-state index is 0.0356. The number of benzene rings is 1. The van der Waals surface area contributed by atoms with E-state index in [2.05, 4.69) is 5.32 Å². The molecule has 1 N–H and O–H groups in total. The zero-order chi connectivity index (χ0) is 16.0. The molecule has 1 aromatic carbocycles. The molecule has 0 fully saturated rings. The largest absolute Gasteiger partial charge is 0.341 e. The third kappa shape index (κ3) is 5.92. The second-order valence-corrected chi connectivity index (χ2v) is 6.09. The number of nitrogens with zero attached hydrogens (tertiary/aromatic N) is 2. The van der Waals surface area contributed by atoms with Gasteiger partial charge in [0.2, 0.25) is 5.91 Å². The van der Waals surface area contributed by atoms with E-state index in [1.54, 1.807) is 7.05 Å². The van der Waals surface area contributed by atoms with Crippen LogP contribution in [0.3, 0.4) is 0 Å². The smallest absolute Gasteiger partial charge is 0.223 e. The van der Waals surface area contributed by atoms with Crippen molar-refractivity contribution >= 4 is 5.91 Å². The Balaban J connectivity index is 2.58. The summed E-state index contributed by atoms with van der Waals surface area (Å²) < 4.78 is 13.7. The van der Waals surface area contributed by atoms with Gasteiger partial charge in [0.05, 0.1) is 11.6 Å². The minimum atomic E-state index is -0.401. The first-order chi connectivity index (χ1) is 9.73. The maximum Gasteiger partial charge on any atom is 0.223 e. The Morgan fingerprint density at radius 1 is 1.43 bits per heavy atom. The Labute approximate surface area is 125 Å². The molecule has 5 heteroatoms. The normalized spacial score (nSPS) is 11.0. The van der Waals surface area contributed by atoms with Gasteiger partial charge in [-0.05, 0) is 39.0 Å². The summed E-state index contributed by atoms with van der Waals surface area (Å²) in [6, 6.07) is 6.13. The summed E-state index contributed by atoms with van der Waals surface area (Å²) in [4.78, 5) is 13.5. The van der Waals surface area contributed by atoms with Gasteiger partial charge in [-0.1, -0.05) is 0 Å². The fourth-order valence-electron chi connectivity index (χ4n) is 1.84. The van der Waals surface area contributed by atoms with Crippen molar-refractivity contribution in [1.29, 1.82) is 5.26 Å². The van der Waals surface area contributed by atoms with Crippen molar-refractivity contribution in [3.05, 3.63) is 35.1 Å². The second kappa shape index (κ2) is 7.19. The molecule has 0 radical (unpaired) electrons. The van der Waals surface area contributed by atoms with Crippen molar-refractivity contribution in [3.63, 3.8) is 0 Å². The number of hydrogen-bond acceptors (Lipinski definition) is 3. The Morgan fingerprint density at radius 2 is 2.10 bits per heavy atom. The highest BCUT2D eigenvalue weighted by Gasteiger charge is 2.14. The third-order valence-electron chi connectivity index (χ3n) is 3.00. The molecular formula is C16H22FN3O. The van der Waals surface area contributed by atoms with Crippen molar-refractivity contribution in [2.45, 2.75) is 39.3 Å². The highest BCUT2D eigenvalue weighted by Crippen LogP contribution is 2.12. The van der Waals surface area contributed by atoms with Crippen LogP contribution < -0.4 is 5.32 Å². The van der Waals surface area contributed by atoms with Crippen molar-refractivity contribution in [2.75, 3.05) is 13.6 Å². The molecule has 0 spiro atoms. The Kier molecular flexibility index (Phi) is 5.86. The van der Waals surface area contributed by atoms with Crippen molar-refractivity contribution in [3.8, 4) is 6.07 Å². The molecule has 0 heterocycles. The molecule has 1 amide bonds. The zero-order valence-corrected chi connectivity index (χ0v) is 13.0. The molecular weight excluding hydrogens is 269 g/mol. The second-order valence-electron chi connectivity index (χ2n) is 6.09. The average molecular weight is 291 g/mol. The highest BCUT2D eigenvalue weighted by atomic mass is 19.1. The van der Waals surface area contributed by atoms with Gasteiger partial charge in [0.25, 0.3) is 0 Å². The van der Waals surface area contributed by atoms with Crippen LogP contribution in [0.2, 0.25) is 0 Å². The summed E-state index contributed by atoms with van der Waals surface area (Å²) in [7, 11) is 1.64. The average Bonchev–Trinajstić information content (AvgIpc) is 2.39. The molecule has 0 unspecified atom stereocenters. The maximum absolute atomic E-state index is 13.7. The van der Waals surface area contributed by atoms with E-state index in [9.17, 15) is 9.18 Å². The summed E-state index contributed by atoms with van der Waals surface area (Å²) in [5.74, 6) is -0.463. The molecule has 0 saturated carbocycles. The topological polar surface area (TPSA) is 56.1 Å². The lowest BCUT2D eigenvalue weighted by Crippen LogP contribution is -2.38. The van der Waals surface area contributed by atoms with E-state index in [0.717, 1.165) is 0 Å². The van der Waals surface area contributed by atoms with Gasteiger partial charge in [-0.2, -0.15) is 5.26 Å². The van der Waals surface area contributed by atoms with E-state index in [-0.39, 0.29) is 18.0 Å². The standard InChI is InChI=1S/C16H22FN3O/c1-16(2,3)19-8-7-15(21)20(4)11-13-9-12(10-18)5-6-14(13)17/h5-6,9,19H,7-8,11H2,1-4H3. The lowest BCUT2D eigenvalue weighted by molar-refractivity contribution is -0.130. The number of carbonyl (C=O) groups excluding carboxylic acids is 1. The summed E-state index contributed by atoms with van der Waals surface area (Å²) in [5.41, 5.74) is 0.710. The van der Waals surface area contributed by atoms with Crippen LogP contribution in [0.1, 0.15) is 38.3 Å². The van der Waals surface area contributed by atoms with Crippen molar-refractivity contribution < 1.29 is 9.18 Å². The van der Waals surface area contributed by atoms with Gasteiger partial charge in [-0.3, -0.25) is 4.79 Å². The molecule has 114 valence electrons. The number of rotatable bonds is 5. The fourth-order valence-corrected chi connectivity index (χ4v) is 1.84. The van der Waals surface area contributed by atoms with E-state index in [1.807, 2.05) is 26.8 Å². The first-order valence-electron chi connectivity index (χ1n) is 6.90. The summed E-state index contributed by atoms with van der Waals surface area (Å²) >= 11 is 0. The van der Waals surface area contributed by atoms with Crippen molar-refractivity contribution in [1.82, 2.24) is 10.2 Å². The van der Waals surface area contributed by atoms with Gasteiger partial charge in [0.1, 0.15) is 5.82 Å². The van der Waals surface area contributed by atoms with E-state index in [1.165, 1.54) is 23.1 Å². The number of nitriles is 1. The number of nitrogens with one attached hydrogen (secondary N) is 1. The van der Waals surface area contributed by atoms with E-state index in [0.29, 0.717) is 24.1 Å². The van der Waals surface area contributed by atoms with Crippen LogP contribution in [0.5, 0.6) is 0 Å². The number of amides is 1. The van der Waals surface area contributed by atoms with E-state index < -0.39 is 5.82 Å². The maximum atomic E-state index is 13.7. The monoisotopic (exact) mass is 291 g/mol. The Hall–Kier alpha value is -1.93.